The van der Waals surface area contributed by atoms with Crippen LogP contribution in [-0.2, 0) is 15.6 Å². The van der Waals surface area contributed by atoms with E-state index in [0.717, 1.165) is 25.7 Å². The first kappa shape index (κ1) is 21.1. The highest BCUT2D eigenvalue weighted by Crippen LogP contribution is 2.31. The lowest BCUT2D eigenvalue weighted by atomic mass is 10.1. The summed E-state index contributed by atoms with van der Waals surface area (Å²) in [6.07, 6.45) is 9.45. The van der Waals surface area contributed by atoms with Gasteiger partial charge in [0.15, 0.2) is 9.84 Å². The summed E-state index contributed by atoms with van der Waals surface area (Å²) >= 11 is 12.1. The molecule has 28 heavy (non-hydrogen) atoms. The van der Waals surface area contributed by atoms with Gasteiger partial charge < -0.3 is 5.32 Å². The van der Waals surface area contributed by atoms with Crippen LogP contribution in [0.1, 0.15) is 54.4 Å². The van der Waals surface area contributed by atoms with Gasteiger partial charge in [-0.05, 0) is 36.6 Å². The molecular formula is C20H22Cl2N2O3S. The minimum atomic E-state index is -3.78. The van der Waals surface area contributed by atoms with E-state index in [-0.39, 0.29) is 32.6 Å². The Balaban J connectivity index is 1.76. The molecule has 1 saturated carbocycles. The fraction of sp³-hybridized carbons (Fsp3) is 0.400. The Bertz CT molecular complexity index is 935. The van der Waals surface area contributed by atoms with Crippen molar-refractivity contribution in [1.82, 2.24) is 10.3 Å². The fourth-order valence-electron chi connectivity index (χ4n) is 3.45. The van der Waals surface area contributed by atoms with Crippen molar-refractivity contribution in [3.05, 3.63) is 57.8 Å². The average molecular weight is 441 g/mol. The molecular weight excluding hydrogens is 419 g/mol. The first-order valence-electron chi connectivity index (χ1n) is 9.28. The Labute approximate surface area is 175 Å². The second-order valence-corrected chi connectivity index (χ2v) is 9.79. The van der Waals surface area contributed by atoms with Gasteiger partial charge >= 0.3 is 0 Å². The van der Waals surface area contributed by atoms with Crippen molar-refractivity contribution in [1.29, 1.82) is 0 Å². The monoisotopic (exact) mass is 440 g/mol. The first-order valence-corrected chi connectivity index (χ1v) is 11.7. The molecule has 1 N–H and O–H groups in total. The van der Waals surface area contributed by atoms with Crippen LogP contribution in [0, 0.1) is 0 Å². The number of nitrogens with one attached hydrogen (secondary N) is 1. The molecule has 0 unspecified atom stereocenters. The lowest BCUT2D eigenvalue weighted by Crippen LogP contribution is -2.34. The van der Waals surface area contributed by atoms with Crippen LogP contribution in [0.25, 0.3) is 0 Å². The molecule has 1 amide bonds. The van der Waals surface area contributed by atoms with Crippen molar-refractivity contribution in [2.45, 2.75) is 55.2 Å². The second-order valence-electron chi connectivity index (χ2n) is 7.05. The van der Waals surface area contributed by atoms with Crippen molar-refractivity contribution < 1.29 is 13.2 Å². The lowest BCUT2D eigenvalue weighted by molar-refractivity contribution is 0.0933. The molecule has 0 aliphatic heterocycles. The van der Waals surface area contributed by atoms with Crippen LogP contribution in [0.5, 0.6) is 0 Å². The molecule has 0 radical (unpaired) electrons. The largest absolute Gasteiger partial charge is 0.349 e. The predicted octanol–water partition coefficient (Wildman–Crippen LogP) is 4.81. The van der Waals surface area contributed by atoms with Gasteiger partial charge in [0.25, 0.3) is 5.91 Å². The van der Waals surface area contributed by atoms with Gasteiger partial charge in [0.2, 0.25) is 0 Å². The van der Waals surface area contributed by atoms with E-state index < -0.39 is 9.84 Å². The summed E-state index contributed by atoms with van der Waals surface area (Å²) in [5.74, 6) is -0.567. The molecule has 1 aromatic heterocycles. The van der Waals surface area contributed by atoms with Gasteiger partial charge in [-0.2, -0.15) is 0 Å². The van der Waals surface area contributed by atoms with E-state index in [1.54, 1.807) is 12.1 Å². The molecule has 2 aromatic rings. The van der Waals surface area contributed by atoms with E-state index in [2.05, 4.69) is 10.3 Å². The molecule has 0 saturated heterocycles. The van der Waals surface area contributed by atoms with E-state index in [4.69, 9.17) is 23.2 Å². The third-order valence-corrected chi connectivity index (χ3v) is 7.46. The van der Waals surface area contributed by atoms with Crippen LogP contribution in [0.15, 0.2) is 41.6 Å². The quantitative estimate of drug-likeness (QED) is 0.676. The Morgan fingerprint density at radius 1 is 1.07 bits per heavy atom. The third-order valence-electron chi connectivity index (χ3n) is 4.83. The normalized spacial score (nSPS) is 15.8. The SMILES string of the molecule is O=C(NC1CCCCCC1)c1cncc(CS(=O)(=O)c2c(Cl)cccc2Cl)c1. The second kappa shape index (κ2) is 9.25. The zero-order valence-corrected chi connectivity index (χ0v) is 17.7. The summed E-state index contributed by atoms with van der Waals surface area (Å²) in [5.41, 5.74) is 0.756. The maximum atomic E-state index is 12.8. The molecule has 0 atom stereocenters. The molecule has 1 aliphatic carbocycles. The van der Waals surface area contributed by atoms with Crippen LogP contribution < -0.4 is 5.32 Å². The number of hydrogen-bond donors (Lipinski definition) is 1. The summed E-state index contributed by atoms with van der Waals surface area (Å²) in [6, 6.07) is 6.26. The number of aromatic nitrogens is 1. The number of nitrogens with zero attached hydrogens (tertiary/aromatic N) is 1. The Kier molecular flexibility index (Phi) is 6.96. The van der Waals surface area contributed by atoms with Crippen LogP contribution in [0.3, 0.4) is 0 Å². The number of benzene rings is 1. The van der Waals surface area contributed by atoms with Gasteiger partial charge in [0.05, 0.1) is 21.4 Å². The molecule has 1 fully saturated rings. The Morgan fingerprint density at radius 2 is 1.71 bits per heavy atom. The third kappa shape index (κ3) is 5.25. The van der Waals surface area contributed by atoms with Crippen LogP contribution in [-0.4, -0.2) is 25.4 Å². The number of halogens is 2. The maximum absolute atomic E-state index is 12.8. The molecule has 0 spiro atoms. The highest BCUT2D eigenvalue weighted by molar-refractivity contribution is 7.90. The van der Waals surface area contributed by atoms with Crippen LogP contribution in [0.4, 0.5) is 0 Å². The number of sulfone groups is 1. The Hall–Kier alpha value is -1.63. The predicted molar refractivity (Wildman–Crippen MR) is 111 cm³/mol. The van der Waals surface area contributed by atoms with Crippen molar-refractivity contribution in [2.75, 3.05) is 0 Å². The van der Waals surface area contributed by atoms with Gasteiger partial charge in [-0.15, -0.1) is 0 Å². The highest BCUT2D eigenvalue weighted by Gasteiger charge is 2.23. The minimum absolute atomic E-state index is 0.0720. The van der Waals surface area contributed by atoms with Crippen molar-refractivity contribution in [3.63, 3.8) is 0 Å². The highest BCUT2D eigenvalue weighted by atomic mass is 35.5. The molecule has 0 bridgehead atoms. The number of carbonyl (C=O) groups is 1. The van der Waals surface area contributed by atoms with Crippen molar-refractivity contribution in [3.8, 4) is 0 Å². The van der Waals surface area contributed by atoms with Gasteiger partial charge in [0, 0.05) is 18.4 Å². The summed E-state index contributed by atoms with van der Waals surface area (Å²) in [6.45, 7) is 0. The maximum Gasteiger partial charge on any atom is 0.253 e. The van der Waals surface area contributed by atoms with Crippen LogP contribution >= 0.6 is 23.2 Å². The van der Waals surface area contributed by atoms with Crippen molar-refractivity contribution in [2.24, 2.45) is 0 Å². The smallest absolute Gasteiger partial charge is 0.253 e. The zero-order chi connectivity index (χ0) is 20.1. The lowest BCUT2D eigenvalue weighted by Gasteiger charge is -2.16. The standard InChI is InChI=1S/C20H22Cl2N2O3S/c21-17-8-5-9-18(22)19(17)28(26,27)13-14-10-15(12-23-11-14)20(25)24-16-6-3-1-2-4-7-16/h5,8-12,16H,1-4,6-7,13H2,(H,24,25). The summed E-state index contributed by atoms with van der Waals surface area (Å²) < 4.78 is 25.6. The number of amides is 1. The van der Waals surface area contributed by atoms with E-state index in [0.29, 0.717) is 11.1 Å². The number of carbonyl (C=O) groups excluding carboxylic acids is 1. The molecule has 3 rings (SSSR count). The van der Waals surface area contributed by atoms with E-state index >= 15 is 0 Å². The summed E-state index contributed by atoms with van der Waals surface area (Å²) in [7, 11) is -3.78. The van der Waals surface area contributed by atoms with Gasteiger partial charge in [0.1, 0.15) is 4.90 Å². The minimum Gasteiger partial charge on any atom is -0.349 e. The molecule has 1 heterocycles. The van der Waals surface area contributed by atoms with E-state index in [1.165, 1.54) is 37.4 Å². The van der Waals surface area contributed by atoms with Crippen LogP contribution in [0.2, 0.25) is 10.0 Å². The molecule has 8 heteroatoms. The van der Waals surface area contributed by atoms with E-state index in [1.807, 2.05) is 0 Å². The molecule has 150 valence electrons. The average Bonchev–Trinajstić information content (AvgIpc) is 2.90. The van der Waals surface area contributed by atoms with Gasteiger partial charge in [-0.3, -0.25) is 9.78 Å². The molecule has 5 nitrogen and oxygen atoms in total. The summed E-state index contributed by atoms with van der Waals surface area (Å²) in [5, 5.41) is 3.19. The first-order chi connectivity index (χ1) is 13.4. The van der Waals surface area contributed by atoms with E-state index in [9.17, 15) is 13.2 Å². The Morgan fingerprint density at radius 3 is 2.36 bits per heavy atom. The summed E-state index contributed by atoms with van der Waals surface area (Å²) in [4.78, 5) is 16.5. The fourth-order valence-corrected chi connectivity index (χ4v) is 6.03. The van der Waals surface area contributed by atoms with Gasteiger partial charge in [-0.25, -0.2) is 8.42 Å². The number of rotatable bonds is 5. The van der Waals surface area contributed by atoms with Gasteiger partial charge in [-0.1, -0.05) is 55.0 Å². The molecule has 1 aliphatic rings. The number of hydrogen-bond acceptors (Lipinski definition) is 4. The number of pyridine rings is 1. The molecule has 1 aromatic carbocycles. The zero-order valence-electron chi connectivity index (χ0n) is 15.3. The topological polar surface area (TPSA) is 76.1 Å². The van der Waals surface area contributed by atoms with Crippen molar-refractivity contribution >= 4 is 38.9 Å².